The number of nitrogens with zero attached hydrogens (tertiary/aromatic N) is 2. The van der Waals surface area contributed by atoms with Gasteiger partial charge in [0, 0.05) is 42.4 Å². The molecule has 0 aliphatic carbocycles. The molecule has 0 spiro atoms. The molecular weight excluding hydrogens is 330 g/mol. The lowest BCUT2D eigenvalue weighted by molar-refractivity contribution is -0.120. The maximum atomic E-state index is 12.6. The third kappa shape index (κ3) is 4.55. The zero-order chi connectivity index (χ0) is 17.6. The van der Waals surface area contributed by atoms with Crippen LogP contribution in [-0.2, 0) is 4.79 Å². The number of nitrogens with one attached hydrogen (secondary N) is 1. The van der Waals surface area contributed by atoms with E-state index in [4.69, 9.17) is 0 Å². The molecule has 0 saturated carbocycles. The smallest absolute Gasteiger partial charge is 0.241 e. The first kappa shape index (κ1) is 17.8. The topological polar surface area (TPSA) is 35.6 Å². The first-order valence-corrected chi connectivity index (χ1v) is 9.89. The Bertz CT molecular complexity index is 699. The average Bonchev–Trinajstić information content (AvgIpc) is 2.68. The second kappa shape index (κ2) is 8.41. The lowest BCUT2D eigenvalue weighted by Crippen LogP contribution is -2.52. The fraction of sp³-hybridized carbons (Fsp3) is 0.350. The van der Waals surface area contributed by atoms with Gasteiger partial charge in [-0.3, -0.25) is 9.69 Å². The number of rotatable bonds is 5. The van der Waals surface area contributed by atoms with Gasteiger partial charge in [0.15, 0.2) is 0 Å². The minimum Gasteiger partial charge on any atom is -0.369 e. The van der Waals surface area contributed by atoms with Crippen molar-refractivity contribution < 1.29 is 4.79 Å². The molecule has 1 N–H and O–H groups in total. The molecule has 2 aromatic rings. The van der Waals surface area contributed by atoms with Gasteiger partial charge in [0.25, 0.3) is 0 Å². The van der Waals surface area contributed by atoms with Crippen LogP contribution in [0, 0.1) is 0 Å². The molecule has 1 atom stereocenters. The van der Waals surface area contributed by atoms with E-state index in [1.807, 2.05) is 43.5 Å². The maximum Gasteiger partial charge on any atom is 0.241 e. The van der Waals surface area contributed by atoms with Crippen molar-refractivity contribution in [3.8, 4) is 0 Å². The van der Waals surface area contributed by atoms with Crippen molar-refractivity contribution >= 4 is 29.0 Å². The predicted octanol–water partition coefficient (Wildman–Crippen LogP) is 3.56. The van der Waals surface area contributed by atoms with E-state index in [1.165, 1.54) is 5.69 Å². The molecule has 0 bridgehead atoms. The van der Waals surface area contributed by atoms with E-state index < -0.39 is 0 Å². The molecule has 1 aliphatic rings. The highest BCUT2D eigenvalue weighted by Crippen LogP contribution is 2.20. The summed E-state index contributed by atoms with van der Waals surface area (Å²) in [6, 6.07) is 18.3. The molecule has 25 heavy (non-hydrogen) atoms. The molecule has 1 saturated heterocycles. The summed E-state index contributed by atoms with van der Waals surface area (Å²) >= 11 is 1.68. The number of hydrogen-bond acceptors (Lipinski definition) is 4. The zero-order valence-electron chi connectivity index (χ0n) is 14.8. The van der Waals surface area contributed by atoms with Gasteiger partial charge >= 0.3 is 0 Å². The summed E-state index contributed by atoms with van der Waals surface area (Å²) < 4.78 is 0. The van der Waals surface area contributed by atoms with Gasteiger partial charge in [0.2, 0.25) is 5.91 Å². The number of piperazine rings is 1. The normalized spacial score (nSPS) is 16.5. The van der Waals surface area contributed by atoms with E-state index in [1.54, 1.807) is 11.8 Å². The van der Waals surface area contributed by atoms with E-state index >= 15 is 0 Å². The summed E-state index contributed by atoms with van der Waals surface area (Å²) in [6.45, 7) is 5.68. The highest BCUT2D eigenvalue weighted by molar-refractivity contribution is 7.98. The molecule has 1 fully saturated rings. The van der Waals surface area contributed by atoms with E-state index in [0.717, 1.165) is 36.8 Å². The number of thioether (sulfide) groups is 1. The van der Waals surface area contributed by atoms with Crippen molar-refractivity contribution in [3.05, 3.63) is 54.6 Å². The van der Waals surface area contributed by atoms with Crippen LogP contribution in [0.4, 0.5) is 11.4 Å². The number of benzene rings is 2. The molecular formula is C20H25N3OS. The fourth-order valence-corrected chi connectivity index (χ4v) is 3.58. The first-order chi connectivity index (χ1) is 12.2. The van der Waals surface area contributed by atoms with Crippen LogP contribution >= 0.6 is 11.8 Å². The summed E-state index contributed by atoms with van der Waals surface area (Å²) in [5, 5.41) is 3.05. The molecule has 3 rings (SSSR count). The minimum atomic E-state index is -0.129. The Morgan fingerprint density at radius 1 is 1.04 bits per heavy atom. The van der Waals surface area contributed by atoms with Crippen molar-refractivity contribution in [2.45, 2.75) is 17.9 Å². The van der Waals surface area contributed by atoms with Gasteiger partial charge in [-0.1, -0.05) is 24.3 Å². The molecule has 4 nitrogen and oxygen atoms in total. The summed E-state index contributed by atoms with van der Waals surface area (Å²) in [5.41, 5.74) is 2.12. The van der Waals surface area contributed by atoms with Gasteiger partial charge in [-0.25, -0.2) is 0 Å². The Morgan fingerprint density at radius 3 is 2.44 bits per heavy atom. The predicted molar refractivity (Wildman–Crippen MR) is 107 cm³/mol. The van der Waals surface area contributed by atoms with Gasteiger partial charge in [-0.05, 0) is 43.5 Å². The van der Waals surface area contributed by atoms with Crippen molar-refractivity contribution in [3.63, 3.8) is 0 Å². The second-order valence-corrected chi connectivity index (χ2v) is 7.14. The molecule has 1 heterocycles. The zero-order valence-corrected chi connectivity index (χ0v) is 15.6. The van der Waals surface area contributed by atoms with E-state index in [0.29, 0.717) is 0 Å². The summed E-state index contributed by atoms with van der Waals surface area (Å²) in [5.74, 6) is 0.0615. The molecule has 0 radical (unpaired) electrons. The highest BCUT2D eigenvalue weighted by Gasteiger charge is 2.25. The first-order valence-electron chi connectivity index (χ1n) is 8.66. The highest BCUT2D eigenvalue weighted by atomic mass is 32.2. The quantitative estimate of drug-likeness (QED) is 0.832. The fourth-order valence-electron chi connectivity index (χ4n) is 3.12. The SMILES string of the molecule is CSc1cccc(NC(=O)C(C)N2CCN(c3ccccc3)CC2)c1. The van der Waals surface area contributed by atoms with Crippen LogP contribution in [0.3, 0.4) is 0 Å². The Kier molecular flexibility index (Phi) is 6.00. The molecule has 1 amide bonds. The standard InChI is InChI=1S/C20H25N3OS/c1-16(20(24)21-17-7-6-10-19(15-17)25-2)22-11-13-23(14-12-22)18-8-4-3-5-9-18/h3-10,15-16H,11-14H2,1-2H3,(H,21,24). The largest absolute Gasteiger partial charge is 0.369 e. The number of para-hydroxylation sites is 1. The van der Waals surface area contributed by atoms with Crippen molar-refractivity contribution in [2.75, 3.05) is 42.7 Å². The third-order valence-corrected chi connectivity index (χ3v) is 5.43. The monoisotopic (exact) mass is 355 g/mol. The minimum absolute atomic E-state index is 0.0615. The van der Waals surface area contributed by atoms with Crippen molar-refractivity contribution in [1.82, 2.24) is 4.90 Å². The van der Waals surface area contributed by atoms with Gasteiger partial charge in [0.05, 0.1) is 6.04 Å². The lowest BCUT2D eigenvalue weighted by atomic mass is 10.2. The lowest BCUT2D eigenvalue weighted by Gasteiger charge is -2.38. The maximum absolute atomic E-state index is 12.6. The van der Waals surface area contributed by atoms with Crippen LogP contribution in [0.1, 0.15) is 6.92 Å². The molecule has 2 aromatic carbocycles. The Hall–Kier alpha value is -1.98. The molecule has 5 heteroatoms. The number of hydrogen-bond donors (Lipinski definition) is 1. The molecule has 0 aromatic heterocycles. The third-order valence-electron chi connectivity index (χ3n) is 4.70. The number of amides is 1. The van der Waals surface area contributed by atoms with Crippen molar-refractivity contribution in [1.29, 1.82) is 0 Å². The van der Waals surface area contributed by atoms with Crippen LogP contribution in [0.2, 0.25) is 0 Å². The molecule has 1 unspecified atom stereocenters. The van der Waals surface area contributed by atoms with Crippen molar-refractivity contribution in [2.24, 2.45) is 0 Å². The summed E-state index contributed by atoms with van der Waals surface area (Å²) in [6.07, 6.45) is 2.04. The van der Waals surface area contributed by atoms with E-state index in [-0.39, 0.29) is 11.9 Å². The van der Waals surface area contributed by atoms with Gasteiger partial charge in [0.1, 0.15) is 0 Å². The number of anilines is 2. The van der Waals surface area contributed by atoms with Crippen LogP contribution < -0.4 is 10.2 Å². The number of carbonyl (C=O) groups is 1. The Morgan fingerprint density at radius 2 is 1.76 bits per heavy atom. The van der Waals surface area contributed by atoms with E-state index in [2.05, 4.69) is 39.4 Å². The summed E-state index contributed by atoms with van der Waals surface area (Å²) in [4.78, 5) is 18.4. The van der Waals surface area contributed by atoms with E-state index in [9.17, 15) is 4.79 Å². The molecule has 1 aliphatic heterocycles. The van der Waals surface area contributed by atoms with Gasteiger partial charge < -0.3 is 10.2 Å². The van der Waals surface area contributed by atoms with Crippen LogP contribution in [0.5, 0.6) is 0 Å². The van der Waals surface area contributed by atoms with Crippen LogP contribution in [0.15, 0.2) is 59.5 Å². The average molecular weight is 356 g/mol. The second-order valence-electron chi connectivity index (χ2n) is 6.26. The number of carbonyl (C=O) groups excluding carboxylic acids is 1. The van der Waals surface area contributed by atoms with Crippen LogP contribution in [-0.4, -0.2) is 49.3 Å². The Balaban J connectivity index is 1.54. The van der Waals surface area contributed by atoms with Crippen LogP contribution in [0.25, 0.3) is 0 Å². The van der Waals surface area contributed by atoms with Gasteiger partial charge in [-0.2, -0.15) is 0 Å². The molecule has 132 valence electrons. The summed E-state index contributed by atoms with van der Waals surface area (Å²) in [7, 11) is 0. The Labute approximate surface area is 154 Å². The van der Waals surface area contributed by atoms with Gasteiger partial charge in [-0.15, -0.1) is 11.8 Å².